The van der Waals surface area contributed by atoms with Crippen LogP contribution in [0.4, 0.5) is 5.82 Å². The summed E-state index contributed by atoms with van der Waals surface area (Å²) < 4.78 is 1.72. The highest BCUT2D eigenvalue weighted by atomic mass is 35.5. The number of halogens is 1. The fraction of sp³-hybridized carbons (Fsp3) is 0.444. The van der Waals surface area contributed by atoms with Crippen LogP contribution in [0.25, 0.3) is 11.4 Å². The highest BCUT2D eigenvalue weighted by molar-refractivity contribution is 6.31. The lowest BCUT2D eigenvalue weighted by Crippen LogP contribution is -2.33. The number of hydrogen-bond donors (Lipinski definition) is 3. The van der Waals surface area contributed by atoms with Crippen LogP contribution in [0.2, 0.25) is 0 Å². The van der Waals surface area contributed by atoms with Crippen LogP contribution in [0.15, 0.2) is 89.3 Å². The van der Waals surface area contributed by atoms with Crippen molar-refractivity contribution in [1.82, 2.24) is 25.3 Å². The second kappa shape index (κ2) is 18.2. The molecular weight excluding hydrogens is 568 g/mol. The lowest BCUT2D eigenvalue weighted by atomic mass is 9.93. The van der Waals surface area contributed by atoms with Crippen LogP contribution in [0.1, 0.15) is 78.3 Å². The van der Waals surface area contributed by atoms with Gasteiger partial charge in [0.1, 0.15) is 11.5 Å². The molecule has 1 amide bonds. The van der Waals surface area contributed by atoms with Gasteiger partial charge in [-0.2, -0.15) is 5.10 Å². The predicted octanol–water partition coefficient (Wildman–Crippen LogP) is 8.13. The summed E-state index contributed by atoms with van der Waals surface area (Å²) in [6.45, 7) is 15.5. The molecule has 7 nitrogen and oxygen atoms in total. The molecule has 1 aromatic rings. The summed E-state index contributed by atoms with van der Waals surface area (Å²) in [5, 5.41) is 15.3. The minimum atomic E-state index is -0.190. The molecule has 0 radical (unpaired) electrons. The number of anilines is 1. The Balaban J connectivity index is 1.75. The van der Waals surface area contributed by atoms with Crippen molar-refractivity contribution in [2.75, 3.05) is 32.0 Å². The Morgan fingerprint density at radius 1 is 1.11 bits per heavy atom. The number of rotatable bonds is 15. The Morgan fingerprint density at radius 3 is 2.48 bits per heavy atom. The highest BCUT2D eigenvalue weighted by Gasteiger charge is 2.21. The molecule has 0 unspecified atom stereocenters. The molecule has 0 bridgehead atoms. The summed E-state index contributed by atoms with van der Waals surface area (Å²) in [4.78, 5) is 15.9. The van der Waals surface area contributed by atoms with Crippen LogP contribution in [-0.4, -0.2) is 47.3 Å². The van der Waals surface area contributed by atoms with Gasteiger partial charge in [0.15, 0.2) is 0 Å². The maximum atomic E-state index is 13.4. The summed E-state index contributed by atoms with van der Waals surface area (Å²) in [7, 11) is 1.85. The minimum absolute atomic E-state index is 0.190. The summed E-state index contributed by atoms with van der Waals surface area (Å²) in [5.41, 5.74) is 5.02. The quantitative estimate of drug-likeness (QED) is 0.173. The number of piperidine rings is 1. The van der Waals surface area contributed by atoms with E-state index in [0.29, 0.717) is 28.0 Å². The zero-order chi connectivity index (χ0) is 31.9. The smallest absolute Gasteiger partial charge is 0.258 e. The fourth-order valence-electron chi connectivity index (χ4n) is 5.56. The third-order valence-electron chi connectivity index (χ3n) is 7.87. The van der Waals surface area contributed by atoms with Crippen LogP contribution >= 0.6 is 11.6 Å². The number of aromatic nitrogens is 2. The molecule has 8 heteroatoms. The van der Waals surface area contributed by atoms with E-state index in [9.17, 15) is 4.79 Å². The Labute approximate surface area is 269 Å². The zero-order valence-corrected chi connectivity index (χ0v) is 28.0. The SMILES string of the molecule is C=C(NCCC1CCN(C(/C=C\C)=C/CC)CC1)c1cc(NC(=O)C2=C(NC)CCC=C2)n(C(/C=C\C)=C/C(Cl)=C/CC)n1. The van der Waals surface area contributed by atoms with E-state index in [1.54, 1.807) is 4.68 Å². The van der Waals surface area contributed by atoms with Crippen molar-refractivity contribution >= 4 is 34.7 Å². The van der Waals surface area contributed by atoms with Gasteiger partial charge in [-0.25, -0.2) is 4.68 Å². The van der Waals surface area contributed by atoms with Crippen LogP contribution < -0.4 is 16.0 Å². The molecule has 44 heavy (non-hydrogen) atoms. The highest BCUT2D eigenvalue weighted by Crippen LogP contribution is 2.26. The van der Waals surface area contributed by atoms with E-state index in [4.69, 9.17) is 16.7 Å². The van der Waals surface area contributed by atoms with Crippen molar-refractivity contribution < 1.29 is 4.79 Å². The van der Waals surface area contributed by atoms with Gasteiger partial charge in [0, 0.05) is 49.2 Å². The van der Waals surface area contributed by atoms with E-state index >= 15 is 0 Å². The van der Waals surface area contributed by atoms with Crippen LogP contribution in [0, 0.1) is 5.92 Å². The second-order valence-corrected chi connectivity index (χ2v) is 11.5. The van der Waals surface area contributed by atoms with Crippen LogP contribution in [-0.2, 0) is 4.79 Å². The fourth-order valence-corrected chi connectivity index (χ4v) is 5.83. The third kappa shape index (κ3) is 9.91. The Hall–Kier alpha value is -3.71. The number of nitrogens with zero attached hydrogens (tertiary/aromatic N) is 3. The predicted molar refractivity (Wildman–Crippen MR) is 188 cm³/mol. The number of carbonyl (C=O) groups excluding carboxylic acids is 1. The van der Waals surface area contributed by atoms with E-state index < -0.39 is 0 Å². The average molecular weight is 619 g/mol. The molecule has 2 heterocycles. The first-order valence-electron chi connectivity index (χ1n) is 16.0. The second-order valence-electron chi connectivity index (χ2n) is 11.1. The van der Waals surface area contributed by atoms with Crippen LogP contribution in [0.5, 0.6) is 0 Å². The Bertz CT molecular complexity index is 1350. The van der Waals surface area contributed by atoms with Gasteiger partial charge in [-0.3, -0.25) is 4.79 Å². The van der Waals surface area contributed by atoms with E-state index in [-0.39, 0.29) is 5.91 Å². The first-order chi connectivity index (χ1) is 21.3. The van der Waals surface area contributed by atoms with Gasteiger partial charge in [0.25, 0.3) is 5.91 Å². The molecule has 3 N–H and O–H groups in total. The molecule has 1 fully saturated rings. The molecule has 0 saturated carbocycles. The molecule has 0 atom stereocenters. The average Bonchev–Trinajstić information content (AvgIpc) is 3.44. The van der Waals surface area contributed by atoms with Gasteiger partial charge in [-0.1, -0.05) is 68.5 Å². The monoisotopic (exact) mass is 618 g/mol. The topological polar surface area (TPSA) is 74.2 Å². The van der Waals surface area contributed by atoms with Gasteiger partial charge >= 0.3 is 0 Å². The van der Waals surface area contributed by atoms with Crippen molar-refractivity contribution in [3.05, 3.63) is 95.0 Å². The van der Waals surface area contributed by atoms with E-state index in [1.807, 2.05) is 63.4 Å². The van der Waals surface area contributed by atoms with Gasteiger partial charge in [-0.15, -0.1) is 0 Å². The molecule has 3 rings (SSSR count). The summed E-state index contributed by atoms with van der Waals surface area (Å²) in [6, 6.07) is 1.87. The van der Waals surface area contributed by atoms with Crippen molar-refractivity contribution in [2.24, 2.45) is 5.92 Å². The number of hydrogen-bond acceptors (Lipinski definition) is 5. The molecular formula is C36H51ClN6O. The minimum Gasteiger partial charge on any atom is -0.391 e. The number of nitrogens with one attached hydrogen (secondary N) is 3. The maximum Gasteiger partial charge on any atom is 0.258 e. The largest absolute Gasteiger partial charge is 0.391 e. The molecule has 1 aliphatic heterocycles. The number of amides is 1. The van der Waals surface area contributed by atoms with Crippen molar-refractivity contribution in [2.45, 2.75) is 72.6 Å². The normalized spacial score (nSPS) is 17.2. The Kier molecular flexibility index (Phi) is 14.4. The molecule has 1 aliphatic carbocycles. The lowest BCUT2D eigenvalue weighted by molar-refractivity contribution is -0.112. The first-order valence-corrected chi connectivity index (χ1v) is 16.4. The van der Waals surface area contributed by atoms with Gasteiger partial charge in [-0.05, 0) is 82.9 Å². The molecule has 2 aliphatic rings. The molecule has 0 spiro atoms. The molecule has 238 valence electrons. The number of carbonyl (C=O) groups is 1. The van der Waals surface area contributed by atoms with Crippen molar-refractivity contribution in [1.29, 1.82) is 0 Å². The molecule has 1 saturated heterocycles. The standard InChI is InChI=1S/C36H51ClN6O/c1-7-13-29(37)25-31(16-10-4)43-35(40-36(44)32-17-11-12-18-33(32)38-6)26-34(41-43)27(5)39-22-19-28-20-23-42(24-21-28)30(14-8-2)15-9-3/h8,10-11,13-17,25-26,28,38-39H,5,7,9,12,18-24H2,1-4,6H3,(H,40,44)/b14-8-,16-10-,29-13-,30-15+,31-25+. The Morgan fingerprint density at radius 2 is 1.82 bits per heavy atom. The summed E-state index contributed by atoms with van der Waals surface area (Å²) in [6.07, 6.45) is 25.2. The summed E-state index contributed by atoms with van der Waals surface area (Å²) in [5.74, 6) is 1.02. The summed E-state index contributed by atoms with van der Waals surface area (Å²) >= 11 is 6.51. The number of allylic oxidation sites excluding steroid dienone is 11. The molecule has 1 aromatic heterocycles. The molecule has 0 aromatic carbocycles. The van der Waals surface area contributed by atoms with E-state index in [0.717, 1.165) is 68.8 Å². The van der Waals surface area contributed by atoms with Gasteiger partial charge in [0.2, 0.25) is 0 Å². The maximum absolute atomic E-state index is 13.4. The van der Waals surface area contributed by atoms with E-state index in [1.165, 1.54) is 18.5 Å². The zero-order valence-electron chi connectivity index (χ0n) is 27.3. The number of likely N-dealkylation sites (tertiary alicyclic amines) is 1. The van der Waals surface area contributed by atoms with Crippen molar-refractivity contribution in [3.8, 4) is 0 Å². The first kappa shape index (κ1) is 34.8. The van der Waals surface area contributed by atoms with Gasteiger partial charge < -0.3 is 20.9 Å². The van der Waals surface area contributed by atoms with Crippen molar-refractivity contribution in [3.63, 3.8) is 0 Å². The van der Waals surface area contributed by atoms with Crippen LogP contribution in [0.3, 0.4) is 0 Å². The third-order valence-corrected chi connectivity index (χ3v) is 8.13. The van der Waals surface area contributed by atoms with Gasteiger partial charge in [0.05, 0.1) is 17.0 Å². The van der Waals surface area contributed by atoms with E-state index in [2.05, 4.69) is 59.5 Å². The lowest BCUT2D eigenvalue weighted by Gasteiger charge is -2.34.